The minimum atomic E-state index is -1.08. The summed E-state index contributed by atoms with van der Waals surface area (Å²) in [5.41, 5.74) is 1.17. The molecule has 5 heteroatoms. The van der Waals surface area contributed by atoms with Crippen LogP contribution in [0, 0.1) is 0 Å². The SMILES string of the molecule is C=C(C)C.O=C(O)CCC(=O)O.[Cu]. The normalized spacial score (nSPS) is 7.23. The number of allylic oxidation sites excluding steroid dienone is 1. The van der Waals surface area contributed by atoms with Gasteiger partial charge in [-0.25, -0.2) is 0 Å². The van der Waals surface area contributed by atoms with E-state index in [1.54, 1.807) is 0 Å². The molecule has 4 nitrogen and oxygen atoms in total. The molecule has 0 spiro atoms. The van der Waals surface area contributed by atoms with Crippen LogP contribution in [-0.4, -0.2) is 22.2 Å². The summed E-state index contributed by atoms with van der Waals surface area (Å²) in [6.45, 7) is 7.50. The first-order valence-corrected chi connectivity index (χ1v) is 3.42. The zero-order chi connectivity index (χ0) is 10.1. The Morgan fingerprint density at radius 2 is 1.23 bits per heavy atom. The largest absolute Gasteiger partial charge is 0.481 e. The van der Waals surface area contributed by atoms with E-state index in [1.165, 1.54) is 5.57 Å². The summed E-state index contributed by atoms with van der Waals surface area (Å²) in [5.74, 6) is -2.15. The summed E-state index contributed by atoms with van der Waals surface area (Å²) < 4.78 is 0. The molecule has 0 aliphatic carbocycles. The van der Waals surface area contributed by atoms with Gasteiger partial charge in [0.1, 0.15) is 0 Å². The summed E-state index contributed by atoms with van der Waals surface area (Å²) in [6, 6.07) is 0. The van der Waals surface area contributed by atoms with Crippen LogP contribution in [0.1, 0.15) is 26.7 Å². The van der Waals surface area contributed by atoms with Crippen molar-refractivity contribution in [2.24, 2.45) is 0 Å². The van der Waals surface area contributed by atoms with Gasteiger partial charge in [-0.05, 0) is 13.8 Å². The number of carboxylic acids is 2. The van der Waals surface area contributed by atoms with Crippen LogP contribution in [0.25, 0.3) is 0 Å². The Bertz CT molecular complexity index is 159. The molecule has 13 heavy (non-hydrogen) atoms. The number of rotatable bonds is 3. The van der Waals surface area contributed by atoms with Crippen LogP contribution >= 0.6 is 0 Å². The van der Waals surface area contributed by atoms with Gasteiger partial charge in [-0.3, -0.25) is 9.59 Å². The van der Waals surface area contributed by atoms with E-state index in [-0.39, 0.29) is 29.9 Å². The van der Waals surface area contributed by atoms with Gasteiger partial charge in [-0.2, -0.15) is 0 Å². The average Bonchev–Trinajstić information content (AvgIpc) is 1.82. The molecule has 0 aromatic rings. The fourth-order valence-corrected chi connectivity index (χ4v) is 0.214. The number of aliphatic carboxylic acids is 2. The second-order valence-electron chi connectivity index (χ2n) is 2.49. The molecule has 0 aliphatic heterocycles. The van der Waals surface area contributed by atoms with E-state index in [0.717, 1.165) is 0 Å². The van der Waals surface area contributed by atoms with Crippen molar-refractivity contribution < 1.29 is 36.9 Å². The maximum Gasteiger partial charge on any atom is 0.303 e. The van der Waals surface area contributed by atoms with E-state index in [4.69, 9.17) is 10.2 Å². The number of carbonyl (C=O) groups is 2. The summed E-state index contributed by atoms with van der Waals surface area (Å²) in [4.78, 5) is 19.3. The van der Waals surface area contributed by atoms with E-state index in [0.29, 0.717) is 0 Å². The van der Waals surface area contributed by atoms with Crippen molar-refractivity contribution in [3.8, 4) is 0 Å². The molecular formula is C8H14CuO4. The summed E-state index contributed by atoms with van der Waals surface area (Å²) in [7, 11) is 0. The van der Waals surface area contributed by atoms with Gasteiger partial charge in [-0.15, -0.1) is 6.58 Å². The van der Waals surface area contributed by atoms with Crippen LogP contribution in [0.3, 0.4) is 0 Å². The second-order valence-corrected chi connectivity index (χ2v) is 2.49. The van der Waals surface area contributed by atoms with Crippen LogP contribution in [-0.2, 0) is 26.7 Å². The Kier molecular flexibility index (Phi) is 15.6. The first-order chi connectivity index (χ1) is 5.36. The summed E-state index contributed by atoms with van der Waals surface area (Å²) in [5, 5.41) is 15.8. The third kappa shape index (κ3) is 53.7. The van der Waals surface area contributed by atoms with Crippen molar-refractivity contribution in [2.75, 3.05) is 0 Å². The number of carboxylic acid groups (broad SMARTS) is 2. The molecule has 0 bridgehead atoms. The van der Waals surface area contributed by atoms with Gasteiger partial charge in [0, 0.05) is 17.1 Å². The Morgan fingerprint density at radius 3 is 1.31 bits per heavy atom. The minimum absolute atomic E-state index is 0. The fourth-order valence-electron chi connectivity index (χ4n) is 0.214. The van der Waals surface area contributed by atoms with Crippen molar-refractivity contribution in [2.45, 2.75) is 26.7 Å². The van der Waals surface area contributed by atoms with Crippen LogP contribution in [0.5, 0.6) is 0 Å². The Hall–Kier alpha value is -0.801. The van der Waals surface area contributed by atoms with Crippen LogP contribution in [0.4, 0.5) is 0 Å². The minimum Gasteiger partial charge on any atom is -0.481 e. The standard InChI is InChI=1S/C4H6O4.C4H8.Cu/c5-3(6)1-2-4(7)8;1-4(2)3;/h1-2H2,(H,5,6)(H,7,8);1H2,2-3H3;. The molecule has 0 aliphatic rings. The second kappa shape index (κ2) is 11.2. The maximum absolute atomic E-state index is 9.64. The number of hydrogen-bond acceptors (Lipinski definition) is 2. The molecule has 0 fully saturated rings. The maximum atomic E-state index is 9.64. The van der Waals surface area contributed by atoms with Crippen LogP contribution in [0.2, 0.25) is 0 Å². The zero-order valence-corrected chi connectivity index (χ0v) is 8.58. The van der Waals surface area contributed by atoms with Gasteiger partial charge < -0.3 is 10.2 Å². The third-order valence-corrected chi connectivity index (χ3v) is 0.553. The average molecular weight is 238 g/mol. The first kappa shape index (κ1) is 18.1. The molecule has 0 amide bonds. The quantitative estimate of drug-likeness (QED) is 0.577. The van der Waals surface area contributed by atoms with Crippen LogP contribution < -0.4 is 0 Å². The van der Waals surface area contributed by atoms with Gasteiger partial charge >= 0.3 is 11.9 Å². The van der Waals surface area contributed by atoms with Gasteiger partial charge in [0.05, 0.1) is 12.8 Å². The molecule has 0 aromatic carbocycles. The van der Waals surface area contributed by atoms with E-state index in [2.05, 4.69) is 6.58 Å². The Morgan fingerprint density at radius 1 is 1.08 bits per heavy atom. The van der Waals surface area contributed by atoms with E-state index in [1.807, 2.05) is 13.8 Å². The fraction of sp³-hybridized carbons (Fsp3) is 0.500. The molecule has 81 valence electrons. The zero-order valence-electron chi connectivity index (χ0n) is 7.63. The van der Waals surface area contributed by atoms with Crippen molar-refractivity contribution in [1.82, 2.24) is 0 Å². The van der Waals surface area contributed by atoms with Crippen molar-refractivity contribution >= 4 is 11.9 Å². The van der Waals surface area contributed by atoms with Crippen LogP contribution in [0.15, 0.2) is 12.2 Å². The molecular weight excluding hydrogens is 224 g/mol. The smallest absolute Gasteiger partial charge is 0.303 e. The summed E-state index contributed by atoms with van der Waals surface area (Å²) >= 11 is 0. The van der Waals surface area contributed by atoms with E-state index < -0.39 is 11.9 Å². The van der Waals surface area contributed by atoms with E-state index in [9.17, 15) is 9.59 Å². The predicted octanol–water partition coefficient (Wildman–Crippen LogP) is 1.52. The van der Waals surface area contributed by atoms with E-state index >= 15 is 0 Å². The van der Waals surface area contributed by atoms with Crippen molar-refractivity contribution in [1.29, 1.82) is 0 Å². The monoisotopic (exact) mass is 237 g/mol. The Labute approximate surface area is 88.1 Å². The topological polar surface area (TPSA) is 74.6 Å². The van der Waals surface area contributed by atoms with Gasteiger partial charge in [0.15, 0.2) is 0 Å². The molecule has 0 rings (SSSR count). The van der Waals surface area contributed by atoms with Crippen molar-refractivity contribution in [3.63, 3.8) is 0 Å². The summed E-state index contributed by atoms with van der Waals surface area (Å²) in [6.07, 6.45) is -0.593. The molecule has 0 saturated carbocycles. The molecule has 0 aromatic heterocycles. The van der Waals surface area contributed by atoms with Crippen molar-refractivity contribution in [3.05, 3.63) is 12.2 Å². The first-order valence-electron chi connectivity index (χ1n) is 3.42. The molecule has 1 radical (unpaired) electrons. The Balaban J connectivity index is -0.000000173. The molecule has 0 saturated heterocycles. The van der Waals surface area contributed by atoms with Gasteiger partial charge in [0.25, 0.3) is 0 Å². The van der Waals surface area contributed by atoms with Gasteiger partial charge in [-0.1, -0.05) is 5.57 Å². The third-order valence-electron chi connectivity index (χ3n) is 0.553. The van der Waals surface area contributed by atoms with Gasteiger partial charge in [0.2, 0.25) is 0 Å². The predicted molar refractivity (Wildman–Crippen MR) is 45.0 cm³/mol. The number of hydrogen-bond donors (Lipinski definition) is 2. The molecule has 0 atom stereocenters. The molecule has 0 unspecified atom stereocenters. The molecule has 0 heterocycles. The molecule has 2 N–H and O–H groups in total.